The Hall–Kier alpha value is -1.26. The van der Waals surface area contributed by atoms with Crippen molar-refractivity contribution in [1.29, 1.82) is 0 Å². The van der Waals surface area contributed by atoms with Crippen molar-refractivity contribution >= 4 is 28.9 Å². The van der Waals surface area contributed by atoms with E-state index in [2.05, 4.69) is 5.32 Å². The van der Waals surface area contributed by atoms with Crippen LogP contribution in [-0.2, 0) is 4.79 Å². The number of nitrogens with two attached hydrogens (primary N) is 1. The molecule has 0 aliphatic rings. The molecule has 0 fully saturated rings. The lowest BCUT2D eigenvalue weighted by Crippen LogP contribution is -2.39. The number of anilines is 2. The zero-order valence-corrected chi connectivity index (χ0v) is 11.1. The predicted octanol–water partition coefficient (Wildman–Crippen LogP) is 2.20. The Bertz CT molecular complexity index is 407. The molecule has 17 heavy (non-hydrogen) atoms. The highest BCUT2D eigenvalue weighted by Gasteiger charge is 2.19. The van der Waals surface area contributed by atoms with E-state index in [4.69, 9.17) is 17.3 Å². The van der Waals surface area contributed by atoms with Crippen LogP contribution in [0.3, 0.4) is 0 Å². The minimum absolute atomic E-state index is 0.0656. The fourth-order valence-electron chi connectivity index (χ4n) is 1.63. The Kier molecular flexibility index (Phi) is 4.78. The first kappa shape index (κ1) is 13.8. The summed E-state index contributed by atoms with van der Waals surface area (Å²) in [4.78, 5) is 13.9. The quantitative estimate of drug-likeness (QED) is 0.811. The molecule has 0 aliphatic carbocycles. The predicted molar refractivity (Wildman–Crippen MR) is 72.3 cm³/mol. The summed E-state index contributed by atoms with van der Waals surface area (Å²) in [5, 5.41) is 3.25. The van der Waals surface area contributed by atoms with Gasteiger partial charge in [0.2, 0.25) is 5.91 Å². The summed E-state index contributed by atoms with van der Waals surface area (Å²) >= 11 is 5.99. The van der Waals surface area contributed by atoms with Crippen LogP contribution >= 0.6 is 11.6 Å². The van der Waals surface area contributed by atoms with Crippen molar-refractivity contribution in [2.75, 3.05) is 25.1 Å². The maximum atomic E-state index is 12.0. The highest BCUT2D eigenvalue weighted by Crippen LogP contribution is 2.24. The van der Waals surface area contributed by atoms with Crippen LogP contribution in [0, 0.1) is 0 Å². The van der Waals surface area contributed by atoms with Gasteiger partial charge in [-0.15, -0.1) is 0 Å². The fraction of sp³-hybridized carbons (Fsp3) is 0.417. The van der Waals surface area contributed by atoms with Gasteiger partial charge in [0, 0.05) is 5.69 Å². The molecule has 5 heteroatoms. The van der Waals surface area contributed by atoms with Crippen LogP contribution in [0.1, 0.15) is 13.3 Å². The number of hydrogen-bond acceptors (Lipinski definition) is 3. The number of rotatable bonds is 4. The molecule has 0 radical (unpaired) electrons. The molecule has 1 atom stereocenters. The number of amides is 1. The van der Waals surface area contributed by atoms with Crippen LogP contribution < -0.4 is 11.1 Å². The minimum atomic E-state index is -0.163. The molecule has 0 aliphatic heterocycles. The van der Waals surface area contributed by atoms with Crippen molar-refractivity contribution < 1.29 is 4.79 Å². The van der Waals surface area contributed by atoms with E-state index in [1.54, 1.807) is 18.2 Å². The molecule has 1 rings (SSSR count). The van der Waals surface area contributed by atoms with Crippen LogP contribution in [0.5, 0.6) is 0 Å². The van der Waals surface area contributed by atoms with E-state index < -0.39 is 0 Å². The summed E-state index contributed by atoms with van der Waals surface area (Å²) in [5.41, 5.74) is 6.75. The minimum Gasteiger partial charge on any atom is -0.399 e. The maximum absolute atomic E-state index is 12.0. The molecule has 1 aromatic carbocycles. The van der Waals surface area contributed by atoms with Gasteiger partial charge in [-0.25, -0.2) is 0 Å². The summed E-state index contributed by atoms with van der Waals surface area (Å²) in [6, 6.07) is 4.87. The molecule has 1 unspecified atom stereocenters. The Balaban J connectivity index is 2.80. The zero-order valence-electron chi connectivity index (χ0n) is 10.3. The van der Waals surface area contributed by atoms with Gasteiger partial charge < -0.3 is 11.1 Å². The molecule has 0 spiro atoms. The molecule has 1 amide bonds. The van der Waals surface area contributed by atoms with Crippen LogP contribution in [0.25, 0.3) is 0 Å². The summed E-state index contributed by atoms with van der Waals surface area (Å²) < 4.78 is 0. The van der Waals surface area contributed by atoms with Gasteiger partial charge in [-0.2, -0.15) is 0 Å². The molecule has 0 heterocycles. The number of carbonyl (C=O) groups excluding carboxylic acids is 1. The topological polar surface area (TPSA) is 58.4 Å². The van der Waals surface area contributed by atoms with Crippen LogP contribution in [-0.4, -0.2) is 30.9 Å². The number of nitrogens with zero attached hydrogens (tertiary/aromatic N) is 1. The van der Waals surface area contributed by atoms with Gasteiger partial charge in [0.05, 0.1) is 16.8 Å². The van der Waals surface area contributed by atoms with Gasteiger partial charge in [-0.3, -0.25) is 9.69 Å². The third kappa shape index (κ3) is 3.61. The molecule has 3 N–H and O–H groups in total. The molecular weight excluding hydrogens is 238 g/mol. The molecule has 0 saturated carbocycles. The van der Waals surface area contributed by atoms with E-state index in [1.165, 1.54) is 0 Å². The number of likely N-dealkylation sites (N-methyl/N-ethyl adjacent to an activating group) is 1. The smallest absolute Gasteiger partial charge is 0.241 e. The standard InChI is InChI=1S/C12H18ClN3O/c1-4-11(16(2)3)12(17)15-10-6-5-8(14)7-9(10)13/h5-7,11H,4,14H2,1-3H3,(H,15,17). The molecule has 94 valence electrons. The van der Waals surface area contributed by atoms with Gasteiger partial charge >= 0.3 is 0 Å². The van der Waals surface area contributed by atoms with Crippen molar-refractivity contribution in [3.8, 4) is 0 Å². The Morgan fingerprint density at radius 3 is 2.65 bits per heavy atom. The maximum Gasteiger partial charge on any atom is 0.241 e. The van der Waals surface area contributed by atoms with Crippen molar-refractivity contribution in [2.45, 2.75) is 19.4 Å². The first-order valence-electron chi connectivity index (χ1n) is 5.48. The fourth-order valence-corrected chi connectivity index (χ4v) is 1.87. The van der Waals surface area contributed by atoms with Crippen LogP contribution in [0.2, 0.25) is 5.02 Å². The second kappa shape index (κ2) is 5.89. The molecule has 0 aromatic heterocycles. The summed E-state index contributed by atoms with van der Waals surface area (Å²) in [7, 11) is 3.75. The number of carbonyl (C=O) groups is 1. The van der Waals surface area contributed by atoms with Crippen molar-refractivity contribution in [2.24, 2.45) is 0 Å². The number of hydrogen-bond donors (Lipinski definition) is 2. The second-order valence-electron chi connectivity index (χ2n) is 4.12. The Morgan fingerprint density at radius 2 is 2.18 bits per heavy atom. The third-order valence-corrected chi connectivity index (χ3v) is 2.88. The van der Waals surface area contributed by atoms with Crippen molar-refractivity contribution in [1.82, 2.24) is 4.90 Å². The van der Waals surface area contributed by atoms with Crippen LogP contribution in [0.4, 0.5) is 11.4 Å². The summed E-state index contributed by atoms with van der Waals surface area (Å²) in [6.07, 6.45) is 0.741. The van der Waals surface area contributed by atoms with Crippen molar-refractivity contribution in [3.05, 3.63) is 23.2 Å². The number of nitrogen functional groups attached to an aromatic ring is 1. The largest absolute Gasteiger partial charge is 0.399 e. The SMILES string of the molecule is CCC(C(=O)Nc1ccc(N)cc1Cl)N(C)C. The Morgan fingerprint density at radius 1 is 1.53 bits per heavy atom. The number of benzene rings is 1. The van der Waals surface area contributed by atoms with Gasteiger partial charge in [-0.05, 0) is 38.7 Å². The lowest BCUT2D eigenvalue weighted by atomic mass is 10.2. The monoisotopic (exact) mass is 255 g/mol. The van der Waals surface area contributed by atoms with Gasteiger partial charge in [0.25, 0.3) is 0 Å². The first-order valence-corrected chi connectivity index (χ1v) is 5.85. The normalized spacial score (nSPS) is 12.5. The van der Waals surface area contributed by atoms with E-state index in [-0.39, 0.29) is 11.9 Å². The van der Waals surface area contributed by atoms with Crippen LogP contribution in [0.15, 0.2) is 18.2 Å². The summed E-state index contributed by atoms with van der Waals surface area (Å²) in [5.74, 6) is -0.0656. The molecule has 4 nitrogen and oxygen atoms in total. The van der Waals surface area contributed by atoms with E-state index in [9.17, 15) is 4.79 Å². The van der Waals surface area contributed by atoms with Gasteiger partial charge in [-0.1, -0.05) is 18.5 Å². The average molecular weight is 256 g/mol. The van der Waals surface area contributed by atoms with E-state index in [0.717, 1.165) is 6.42 Å². The average Bonchev–Trinajstić information content (AvgIpc) is 2.22. The third-order valence-electron chi connectivity index (χ3n) is 2.56. The van der Waals surface area contributed by atoms with Gasteiger partial charge in [0.1, 0.15) is 0 Å². The molecular formula is C12H18ClN3O. The molecule has 0 saturated heterocycles. The number of halogens is 1. The first-order chi connectivity index (χ1) is 7.95. The molecule has 1 aromatic rings. The Labute approximate surface area is 107 Å². The lowest BCUT2D eigenvalue weighted by Gasteiger charge is -2.22. The van der Waals surface area contributed by atoms with E-state index in [0.29, 0.717) is 16.4 Å². The zero-order chi connectivity index (χ0) is 13.0. The highest BCUT2D eigenvalue weighted by molar-refractivity contribution is 6.34. The van der Waals surface area contributed by atoms with E-state index in [1.807, 2.05) is 25.9 Å². The number of nitrogens with one attached hydrogen (secondary N) is 1. The van der Waals surface area contributed by atoms with Gasteiger partial charge in [0.15, 0.2) is 0 Å². The highest BCUT2D eigenvalue weighted by atomic mass is 35.5. The van der Waals surface area contributed by atoms with E-state index >= 15 is 0 Å². The van der Waals surface area contributed by atoms with Crippen molar-refractivity contribution in [3.63, 3.8) is 0 Å². The second-order valence-corrected chi connectivity index (χ2v) is 4.52. The summed E-state index contributed by atoms with van der Waals surface area (Å²) in [6.45, 7) is 1.97. The molecule has 0 bridgehead atoms. The lowest BCUT2D eigenvalue weighted by molar-refractivity contribution is -0.120.